The van der Waals surface area contributed by atoms with Gasteiger partial charge in [-0.05, 0) is 31.2 Å². The lowest BCUT2D eigenvalue weighted by molar-refractivity contribution is -0.127. The number of aromatic nitrogens is 4. The minimum Gasteiger partial charge on any atom is -0.478 e. The minimum atomic E-state index is -0.887. The summed E-state index contributed by atoms with van der Waals surface area (Å²) in [6.45, 7) is 1.86. The maximum absolute atomic E-state index is 13.6. The van der Waals surface area contributed by atoms with E-state index in [2.05, 4.69) is 15.5 Å². The normalized spacial score (nSPS) is 11.8. The first-order valence-corrected chi connectivity index (χ1v) is 8.31. The Balaban J connectivity index is 1.56. The van der Waals surface area contributed by atoms with Crippen molar-refractivity contribution in [1.29, 1.82) is 0 Å². The van der Waals surface area contributed by atoms with Gasteiger partial charge in [-0.3, -0.25) is 9.59 Å². The van der Waals surface area contributed by atoms with E-state index in [1.165, 1.54) is 40.6 Å². The third-order valence-corrected chi connectivity index (χ3v) is 3.72. The molecule has 0 radical (unpaired) electrons. The van der Waals surface area contributed by atoms with Crippen molar-refractivity contribution in [1.82, 2.24) is 24.9 Å². The number of hydrogen-bond acceptors (Lipinski definition) is 5. The van der Waals surface area contributed by atoms with Crippen molar-refractivity contribution < 1.29 is 13.9 Å². The van der Waals surface area contributed by atoms with Crippen LogP contribution < -0.4 is 15.6 Å². The number of nitrogens with one attached hydrogen (secondary N) is 1. The van der Waals surface area contributed by atoms with Crippen molar-refractivity contribution >= 4 is 5.91 Å². The average molecular weight is 371 g/mol. The average Bonchev–Trinajstić information content (AvgIpc) is 3.19. The van der Waals surface area contributed by atoms with Crippen LogP contribution in [0.5, 0.6) is 5.75 Å². The van der Waals surface area contributed by atoms with Gasteiger partial charge in [0.05, 0.1) is 6.54 Å². The van der Waals surface area contributed by atoms with Gasteiger partial charge in [0.15, 0.2) is 23.5 Å². The summed E-state index contributed by atoms with van der Waals surface area (Å²) in [6.07, 6.45) is 2.43. The Morgan fingerprint density at radius 2 is 2.07 bits per heavy atom. The number of carbonyl (C=O) groups excluding carboxylic acids is 1. The Morgan fingerprint density at radius 3 is 2.81 bits per heavy atom. The van der Waals surface area contributed by atoms with Gasteiger partial charge in [-0.1, -0.05) is 12.1 Å². The number of para-hydroxylation sites is 1. The fourth-order valence-electron chi connectivity index (χ4n) is 2.34. The largest absolute Gasteiger partial charge is 0.478 e. The summed E-state index contributed by atoms with van der Waals surface area (Å²) in [4.78, 5) is 24.0. The van der Waals surface area contributed by atoms with Crippen LogP contribution >= 0.6 is 0 Å². The van der Waals surface area contributed by atoms with Crippen molar-refractivity contribution in [2.24, 2.45) is 0 Å². The van der Waals surface area contributed by atoms with Gasteiger partial charge in [-0.15, -0.1) is 5.10 Å². The molecule has 0 saturated carbocycles. The lowest BCUT2D eigenvalue weighted by atomic mass is 10.3. The Morgan fingerprint density at radius 1 is 1.26 bits per heavy atom. The van der Waals surface area contributed by atoms with E-state index in [1.807, 2.05) is 0 Å². The van der Waals surface area contributed by atoms with Gasteiger partial charge in [-0.2, -0.15) is 5.10 Å². The topological polar surface area (TPSA) is 91.0 Å². The lowest BCUT2D eigenvalue weighted by Gasteiger charge is -2.15. The molecule has 8 nitrogen and oxygen atoms in total. The highest BCUT2D eigenvalue weighted by Gasteiger charge is 2.16. The molecule has 3 aromatic rings. The SMILES string of the molecule is C[C@@H](Oc1ccccc1F)C(=O)NCCn1nc(-n2cccn2)ccc1=O. The van der Waals surface area contributed by atoms with E-state index in [0.29, 0.717) is 5.82 Å². The fourth-order valence-corrected chi connectivity index (χ4v) is 2.34. The zero-order valence-electron chi connectivity index (χ0n) is 14.6. The number of nitrogens with zero attached hydrogens (tertiary/aromatic N) is 4. The molecule has 1 atom stereocenters. The van der Waals surface area contributed by atoms with Gasteiger partial charge in [0, 0.05) is 25.0 Å². The van der Waals surface area contributed by atoms with Crippen molar-refractivity contribution in [2.75, 3.05) is 6.54 Å². The molecule has 1 N–H and O–H groups in total. The Hall–Kier alpha value is -3.49. The van der Waals surface area contributed by atoms with E-state index in [9.17, 15) is 14.0 Å². The highest BCUT2D eigenvalue weighted by atomic mass is 19.1. The maximum atomic E-state index is 13.6. The van der Waals surface area contributed by atoms with E-state index in [-0.39, 0.29) is 24.4 Å². The third-order valence-electron chi connectivity index (χ3n) is 3.72. The fraction of sp³-hybridized carbons (Fsp3) is 0.222. The van der Waals surface area contributed by atoms with E-state index in [1.54, 1.807) is 30.6 Å². The van der Waals surface area contributed by atoms with Gasteiger partial charge >= 0.3 is 0 Å². The maximum Gasteiger partial charge on any atom is 0.266 e. The predicted molar refractivity (Wildman–Crippen MR) is 95.1 cm³/mol. The molecular weight excluding hydrogens is 353 g/mol. The van der Waals surface area contributed by atoms with Crippen LogP contribution in [0.25, 0.3) is 5.82 Å². The summed E-state index contributed by atoms with van der Waals surface area (Å²) in [7, 11) is 0. The molecule has 0 aliphatic carbocycles. The van der Waals surface area contributed by atoms with Crippen LogP contribution in [0.1, 0.15) is 6.92 Å². The molecule has 3 rings (SSSR count). The highest BCUT2D eigenvalue weighted by Crippen LogP contribution is 2.16. The van der Waals surface area contributed by atoms with Gasteiger partial charge < -0.3 is 10.1 Å². The first-order valence-electron chi connectivity index (χ1n) is 8.31. The van der Waals surface area contributed by atoms with Crippen LogP contribution in [0.15, 0.2) is 59.7 Å². The zero-order chi connectivity index (χ0) is 19.2. The summed E-state index contributed by atoms with van der Waals surface area (Å²) >= 11 is 0. The molecule has 1 aromatic carbocycles. The molecule has 2 aromatic heterocycles. The van der Waals surface area contributed by atoms with Gasteiger partial charge in [0.25, 0.3) is 11.5 Å². The number of halogens is 1. The van der Waals surface area contributed by atoms with Crippen LogP contribution in [0.3, 0.4) is 0 Å². The van der Waals surface area contributed by atoms with E-state index < -0.39 is 17.8 Å². The smallest absolute Gasteiger partial charge is 0.266 e. The molecule has 9 heteroatoms. The number of benzene rings is 1. The van der Waals surface area contributed by atoms with E-state index in [4.69, 9.17) is 4.74 Å². The molecule has 0 aliphatic rings. The second-order valence-corrected chi connectivity index (χ2v) is 5.69. The number of amides is 1. The Bertz CT molecular complexity index is 971. The van der Waals surface area contributed by atoms with Crippen LogP contribution in [0, 0.1) is 5.82 Å². The molecule has 0 bridgehead atoms. The molecule has 140 valence electrons. The zero-order valence-corrected chi connectivity index (χ0v) is 14.6. The van der Waals surface area contributed by atoms with Crippen LogP contribution in [0.4, 0.5) is 4.39 Å². The molecule has 0 saturated heterocycles. The van der Waals surface area contributed by atoms with Crippen LogP contribution in [-0.2, 0) is 11.3 Å². The standard InChI is InChI=1S/C18H18FN5O3/c1-13(27-15-6-3-2-5-14(15)19)18(26)20-10-12-24-17(25)8-7-16(22-24)23-11-4-9-21-23/h2-9,11,13H,10,12H2,1H3,(H,20,26)/t13-/m1/s1. The summed E-state index contributed by atoms with van der Waals surface area (Å²) in [5, 5.41) is 10.9. The van der Waals surface area contributed by atoms with E-state index in [0.717, 1.165) is 0 Å². The van der Waals surface area contributed by atoms with Crippen LogP contribution in [-0.4, -0.2) is 38.1 Å². The molecule has 1 amide bonds. The summed E-state index contributed by atoms with van der Waals surface area (Å²) in [5.41, 5.74) is -0.296. The molecule has 0 unspecified atom stereocenters. The summed E-state index contributed by atoms with van der Waals surface area (Å²) < 4.78 is 21.7. The van der Waals surface area contributed by atoms with Crippen molar-refractivity contribution in [3.63, 3.8) is 0 Å². The first-order chi connectivity index (χ1) is 13.0. The summed E-state index contributed by atoms with van der Waals surface area (Å²) in [5.74, 6) is -0.468. The van der Waals surface area contributed by atoms with Crippen molar-refractivity contribution in [3.05, 3.63) is 71.0 Å². The van der Waals surface area contributed by atoms with Gasteiger partial charge in [0.2, 0.25) is 0 Å². The van der Waals surface area contributed by atoms with Crippen LogP contribution in [0.2, 0.25) is 0 Å². The number of rotatable bonds is 7. The molecule has 0 spiro atoms. The molecular formula is C18H18FN5O3. The third kappa shape index (κ3) is 4.57. The van der Waals surface area contributed by atoms with E-state index >= 15 is 0 Å². The van der Waals surface area contributed by atoms with Crippen molar-refractivity contribution in [3.8, 4) is 11.6 Å². The number of hydrogen-bond donors (Lipinski definition) is 1. The van der Waals surface area contributed by atoms with Gasteiger partial charge in [0.1, 0.15) is 0 Å². The second kappa shape index (κ2) is 8.26. The molecule has 0 aliphatic heterocycles. The second-order valence-electron chi connectivity index (χ2n) is 5.69. The predicted octanol–water partition coefficient (Wildman–Crippen LogP) is 1.15. The lowest BCUT2D eigenvalue weighted by Crippen LogP contribution is -2.39. The Labute approximate surface area is 154 Å². The Kier molecular flexibility index (Phi) is 5.60. The summed E-state index contributed by atoms with van der Waals surface area (Å²) in [6, 6.07) is 10.6. The number of ether oxygens (including phenoxy) is 1. The molecule has 27 heavy (non-hydrogen) atoms. The van der Waals surface area contributed by atoms with Crippen molar-refractivity contribution in [2.45, 2.75) is 19.6 Å². The van der Waals surface area contributed by atoms with Gasteiger partial charge in [-0.25, -0.2) is 13.8 Å². The number of carbonyl (C=O) groups is 1. The first kappa shape index (κ1) is 18.3. The highest BCUT2D eigenvalue weighted by molar-refractivity contribution is 5.80. The molecule has 0 fully saturated rings. The minimum absolute atomic E-state index is 0.00459. The monoisotopic (exact) mass is 371 g/mol. The molecule has 2 heterocycles. The quantitative estimate of drug-likeness (QED) is 0.673.